The van der Waals surface area contributed by atoms with Crippen molar-refractivity contribution in [1.82, 2.24) is 5.32 Å². The van der Waals surface area contributed by atoms with E-state index in [1.807, 2.05) is 11.8 Å². The van der Waals surface area contributed by atoms with Gasteiger partial charge in [0.1, 0.15) is 0 Å². The Labute approximate surface area is 101 Å². The van der Waals surface area contributed by atoms with E-state index in [1.54, 1.807) is 0 Å². The smallest absolute Gasteiger partial charge is 0.00164 e. The molecule has 0 saturated carbocycles. The average Bonchev–Trinajstić information content (AvgIpc) is 2.14. The quantitative estimate of drug-likeness (QED) is 0.635. The van der Waals surface area contributed by atoms with Gasteiger partial charge in [0, 0.05) is 5.25 Å². The predicted octanol–water partition coefficient (Wildman–Crippen LogP) is 3.93. The molecule has 0 heterocycles. The van der Waals surface area contributed by atoms with Gasteiger partial charge < -0.3 is 5.32 Å². The van der Waals surface area contributed by atoms with Crippen LogP contribution in [0.25, 0.3) is 0 Å². The standard InChI is InChI=1S/C13H29NS/c1-12(15-5)8-6-10-14-11-7-9-13(2,3)4/h12,14H,6-11H2,1-5H3. The fourth-order valence-corrected chi connectivity index (χ4v) is 1.90. The van der Waals surface area contributed by atoms with Crippen molar-refractivity contribution >= 4 is 11.8 Å². The van der Waals surface area contributed by atoms with Gasteiger partial charge in [-0.2, -0.15) is 11.8 Å². The van der Waals surface area contributed by atoms with Gasteiger partial charge in [-0.3, -0.25) is 0 Å². The van der Waals surface area contributed by atoms with E-state index < -0.39 is 0 Å². The number of thioether (sulfide) groups is 1. The third kappa shape index (κ3) is 12.2. The summed E-state index contributed by atoms with van der Waals surface area (Å²) >= 11 is 1.97. The van der Waals surface area contributed by atoms with E-state index in [0.29, 0.717) is 5.41 Å². The highest BCUT2D eigenvalue weighted by atomic mass is 32.2. The molecule has 0 radical (unpaired) electrons. The van der Waals surface area contributed by atoms with Gasteiger partial charge in [0.25, 0.3) is 0 Å². The van der Waals surface area contributed by atoms with Crippen LogP contribution in [0.4, 0.5) is 0 Å². The largest absolute Gasteiger partial charge is 0.317 e. The highest BCUT2D eigenvalue weighted by Gasteiger charge is 2.08. The van der Waals surface area contributed by atoms with Gasteiger partial charge in [-0.1, -0.05) is 27.7 Å². The van der Waals surface area contributed by atoms with Gasteiger partial charge in [-0.05, 0) is 50.4 Å². The molecule has 0 saturated heterocycles. The number of rotatable bonds is 8. The van der Waals surface area contributed by atoms with E-state index in [4.69, 9.17) is 0 Å². The Balaban J connectivity index is 3.12. The monoisotopic (exact) mass is 231 g/mol. The second-order valence-corrected chi connectivity index (χ2v) is 6.88. The van der Waals surface area contributed by atoms with Crippen LogP contribution >= 0.6 is 11.8 Å². The van der Waals surface area contributed by atoms with Crippen LogP contribution in [0.5, 0.6) is 0 Å². The van der Waals surface area contributed by atoms with Crippen LogP contribution in [-0.2, 0) is 0 Å². The van der Waals surface area contributed by atoms with Crippen LogP contribution < -0.4 is 5.32 Å². The first-order chi connectivity index (χ1) is 6.95. The summed E-state index contributed by atoms with van der Waals surface area (Å²) in [4.78, 5) is 0. The molecule has 92 valence electrons. The predicted molar refractivity (Wildman–Crippen MR) is 73.8 cm³/mol. The lowest BCUT2D eigenvalue weighted by molar-refractivity contribution is 0.361. The van der Waals surface area contributed by atoms with Crippen molar-refractivity contribution in [2.24, 2.45) is 5.41 Å². The maximum atomic E-state index is 3.53. The summed E-state index contributed by atoms with van der Waals surface area (Å²) in [5.41, 5.74) is 0.495. The van der Waals surface area contributed by atoms with Crippen LogP contribution in [0.3, 0.4) is 0 Å². The van der Waals surface area contributed by atoms with Crippen molar-refractivity contribution in [1.29, 1.82) is 0 Å². The Hall–Kier alpha value is 0.310. The average molecular weight is 231 g/mol. The molecule has 2 heteroatoms. The summed E-state index contributed by atoms with van der Waals surface area (Å²) in [5, 5.41) is 4.35. The molecular weight excluding hydrogens is 202 g/mol. The lowest BCUT2D eigenvalue weighted by atomic mass is 9.91. The molecule has 0 aliphatic rings. The first-order valence-electron chi connectivity index (χ1n) is 6.19. The third-order valence-electron chi connectivity index (χ3n) is 2.65. The SMILES string of the molecule is CSC(C)CCCNCCCC(C)(C)C. The van der Waals surface area contributed by atoms with E-state index in [0.717, 1.165) is 5.25 Å². The minimum Gasteiger partial charge on any atom is -0.317 e. The second-order valence-electron chi connectivity index (χ2n) is 5.60. The Morgan fingerprint density at radius 3 is 2.27 bits per heavy atom. The summed E-state index contributed by atoms with van der Waals surface area (Å²) < 4.78 is 0. The number of hydrogen-bond donors (Lipinski definition) is 1. The normalized spacial score (nSPS) is 14.2. The van der Waals surface area contributed by atoms with Crippen molar-refractivity contribution in [3.8, 4) is 0 Å². The van der Waals surface area contributed by atoms with Crippen molar-refractivity contribution < 1.29 is 0 Å². The Morgan fingerprint density at radius 1 is 1.13 bits per heavy atom. The van der Waals surface area contributed by atoms with Crippen LogP contribution in [0.2, 0.25) is 0 Å². The van der Waals surface area contributed by atoms with E-state index in [9.17, 15) is 0 Å². The lowest BCUT2D eigenvalue weighted by Gasteiger charge is -2.17. The van der Waals surface area contributed by atoms with Gasteiger partial charge in [0.2, 0.25) is 0 Å². The molecule has 0 spiro atoms. The molecule has 0 aromatic carbocycles. The zero-order chi connectivity index (χ0) is 11.7. The van der Waals surface area contributed by atoms with E-state index in [2.05, 4.69) is 39.3 Å². The summed E-state index contributed by atoms with van der Waals surface area (Å²) in [5.74, 6) is 0. The fraction of sp³-hybridized carbons (Fsp3) is 1.00. The molecule has 0 bridgehead atoms. The minimum atomic E-state index is 0.495. The van der Waals surface area contributed by atoms with E-state index in [-0.39, 0.29) is 0 Å². The van der Waals surface area contributed by atoms with Crippen LogP contribution in [0, 0.1) is 5.41 Å². The molecule has 0 fully saturated rings. The van der Waals surface area contributed by atoms with Gasteiger partial charge in [-0.15, -0.1) is 0 Å². The first-order valence-corrected chi connectivity index (χ1v) is 7.48. The molecule has 0 rings (SSSR count). The van der Waals surface area contributed by atoms with Gasteiger partial charge in [0.15, 0.2) is 0 Å². The van der Waals surface area contributed by atoms with Gasteiger partial charge in [-0.25, -0.2) is 0 Å². The molecule has 0 aromatic rings. The highest BCUT2D eigenvalue weighted by Crippen LogP contribution is 2.19. The summed E-state index contributed by atoms with van der Waals surface area (Å²) in [6.07, 6.45) is 7.48. The molecule has 1 atom stereocenters. The van der Waals surface area contributed by atoms with Gasteiger partial charge >= 0.3 is 0 Å². The lowest BCUT2D eigenvalue weighted by Crippen LogP contribution is -2.19. The third-order valence-corrected chi connectivity index (χ3v) is 3.69. The Kier molecular flexibility index (Phi) is 8.64. The molecule has 1 nitrogen and oxygen atoms in total. The van der Waals surface area contributed by atoms with E-state index >= 15 is 0 Å². The van der Waals surface area contributed by atoms with Crippen molar-refractivity contribution in [3.63, 3.8) is 0 Å². The van der Waals surface area contributed by atoms with Crippen molar-refractivity contribution in [3.05, 3.63) is 0 Å². The molecule has 0 aromatic heterocycles. The van der Waals surface area contributed by atoms with E-state index in [1.165, 1.54) is 38.8 Å². The van der Waals surface area contributed by atoms with Crippen molar-refractivity contribution in [2.75, 3.05) is 19.3 Å². The maximum absolute atomic E-state index is 3.53. The Bertz CT molecular complexity index is 140. The van der Waals surface area contributed by atoms with Crippen molar-refractivity contribution in [2.45, 2.75) is 58.6 Å². The molecule has 0 amide bonds. The molecule has 1 unspecified atom stereocenters. The minimum absolute atomic E-state index is 0.495. The topological polar surface area (TPSA) is 12.0 Å². The van der Waals surface area contributed by atoms with Crippen LogP contribution in [-0.4, -0.2) is 24.6 Å². The molecule has 0 aliphatic heterocycles. The summed E-state index contributed by atoms with van der Waals surface area (Å²) in [6.45, 7) is 11.6. The zero-order valence-corrected chi connectivity index (χ0v) is 12.0. The first kappa shape index (κ1) is 15.3. The zero-order valence-electron chi connectivity index (χ0n) is 11.2. The van der Waals surface area contributed by atoms with Crippen LogP contribution in [0.1, 0.15) is 53.4 Å². The number of hydrogen-bond acceptors (Lipinski definition) is 2. The molecule has 1 N–H and O–H groups in total. The second kappa shape index (κ2) is 8.46. The molecular formula is C13H29NS. The molecule has 0 aliphatic carbocycles. The number of nitrogens with one attached hydrogen (secondary N) is 1. The van der Waals surface area contributed by atoms with Crippen LogP contribution in [0.15, 0.2) is 0 Å². The highest BCUT2D eigenvalue weighted by molar-refractivity contribution is 7.99. The maximum Gasteiger partial charge on any atom is 0.00164 e. The Morgan fingerprint density at radius 2 is 1.73 bits per heavy atom. The van der Waals surface area contributed by atoms with Gasteiger partial charge in [0.05, 0.1) is 0 Å². The fourth-order valence-electron chi connectivity index (χ4n) is 1.50. The summed E-state index contributed by atoms with van der Waals surface area (Å²) in [6, 6.07) is 0. The summed E-state index contributed by atoms with van der Waals surface area (Å²) in [7, 11) is 0. The molecule has 15 heavy (non-hydrogen) atoms.